The lowest BCUT2D eigenvalue weighted by atomic mass is 9.81. The average molecular weight is 233 g/mol. The summed E-state index contributed by atoms with van der Waals surface area (Å²) in [5.74, 6) is 1.23. The molecule has 0 spiro atoms. The summed E-state index contributed by atoms with van der Waals surface area (Å²) < 4.78 is 5.99. The predicted octanol–water partition coefficient (Wildman–Crippen LogP) is 4.35. The van der Waals surface area contributed by atoms with Gasteiger partial charge in [-0.3, -0.25) is 0 Å². The Labute approximate surface area is 105 Å². The molecule has 0 aromatic carbocycles. The molecular formula is C15H23NO. The first kappa shape index (κ1) is 13.8. The first-order valence-corrected chi connectivity index (χ1v) is 6.40. The summed E-state index contributed by atoms with van der Waals surface area (Å²) in [5.41, 5.74) is 2.69. The Balaban J connectivity index is 3.42. The number of allylic oxidation sites excluding steroid dienone is 2. The summed E-state index contributed by atoms with van der Waals surface area (Å²) in [5, 5.41) is 9.41. The van der Waals surface area contributed by atoms with Crippen LogP contribution < -0.4 is 0 Å². The Morgan fingerprint density at radius 2 is 1.82 bits per heavy atom. The number of nitrogens with zero attached hydrogens (tertiary/aromatic N) is 1. The van der Waals surface area contributed by atoms with Crippen molar-refractivity contribution in [2.24, 2.45) is 5.92 Å². The Morgan fingerprint density at radius 1 is 1.29 bits per heavy atom. The molecule has 0 aromatic rings. The van der Waals surface area contributed by atoms with Crippen molar-refractivity contribution >= 4 is 0 Å². The van der Waals surface area contributed by atoms with E-state index in [1.807, 2.05) is 13.8 Å². The van der Waals surface area contributed by atoms with Crippen molar-refractivity contribution < 1.29 is 4.74 Å². The van der Waals surface area contributed by atoms with Crippen LogP contribution in [0.2, 0.25) is 0 Å². The second-order valence-corrected chi connectivity index (χ2v) is 5.36. The van der Waals surface area contributed by atoms with Crippen molar-refractivity contribution in [1.29, 1.82) is 5.26 Å². The number of rotatable bonds is 3. The van der Waals surface area contributed by atoms with E-state index < -0.39 is 0 Å². The van der Waals surface area contributed by atoms with E-state index in [1.165, 1.54) is 5.57 Å². The van der Waals surface area contributed by atoms with Gasteiger partial charge in [0.1, 0.15) is 17.4 Å². The van der Waals surface area contributed by atoms with Crippen LogP contribution in [0.5, 0.6) is 0 Å². The van der Waals surface area contributed by atoms with Gasteiger partial charge in [0, 0.05) is 0 Å². The van der Waals surface area contributed by atoms with E-state index in [9.17, 15) is 5.26 Å². The lowest BCUT2D eigenvalue weighted by Gasteiger charge is -2.27. The standard InChI is InChI=1S/C15H23NO/c1-7-11(8-2)13-12(9-16)14(10(3)4)17-15(13,5)6/h11H,7-8H2,1-6H3. The smallest absolute Gasteiger partial charge is 0.137 e. The summed E-state index contributed by atoms with van der Waals surface area (Å²) in [6, 6.07) is 2.35. The molecule has 0 aliphatic carbocycles. The summed E-state index contributed by atoms with van der Waals surface area (Å²) in [7, 11) is 0. The van der Waals surface area contributed by atoms with Crippen LogP contribution in [0, 0.1) is 17.2 Å². The molecular weight excluding hydrogens is 210 g/mol. The van der Waals surface area contributed by atoms with Gasteiger partial charge in [0.2, 0.25) is 0 Å². The van der Waals surface area contributed by atoms with Gasteiger partial charge in [0.15, 0.2) is 0 Å². The zero-order valence-corrected chi connectivity index (χ0v) is 11.8. The summed E-state index contributed by atoms with van der Waals surface area (Å²) in [4.78, 5) is 0. The molecule has 2 heteroatoms. The van der Waals surface area contributed by atoms with E-state index in [2.05, 4.69) is 33.8 Å². The van der Waals surface area contributed by atoms with Crippen molar-refractivity contribution in [2.75, 3.05) is 0 Å². The highest BCUT2D eigenvalue weighted by Crippen LogP contribution is 2.44. The molecule has 0 aromatic heterocycles. The molecule has 1 rings (SSSR count). The van der Waals surface area contributed by atoms with Gasteiger partial charge in [-0.2, -0.15) is 5.26 Å². The maximum Gasteiger partial charge on any atom is 0.137 e. The third-order valence-corrected chi connectivity index (χ3v) is 3.46. The number of nitriles is 1. The Kier molecular flexibility index (Phi) is 4.03. The Hall–Kier alpha value is -1.23. The molecule has 1 heterocycles. The van der Waals surface area contributed by atoms with Gasteiger partial charge in [-0.1, -0.05) is 13.8 Å². The van der Waals surface area contributed by atoms with Crippen LogP contribution in [-0.2, 0) is 4.74 Å². The second-order valence-electron chi connectivity index (χ2n) is 5.36. The fraction of sp³-hybridized carbons (Fsp3) is 0.667. The fourth-order valence-electron chi connectivity index (χ4n) is 2.64. The van der Waals surface area contributed by atoms with Crippen LogP contribution in [0.4, 0.5) is 0 Å². The second kappa shape index (κ2) is 4.96. The first-order chi connectivity index (χ1) is 7.88. The van der Waals surface area contributed by atoms with Crippen LogP contribution in [-0.4, -0.2) is 5.60 Å². The largest absolute Gasteiger partial charge is 0.482 e. The topological polar surface area (TPSA) is 33.0 Å². The quantitative estimate of drug-likeness (QED) is 0.726. The lowest BCUT2D eigenvalue weighted by molar-refractivity contribution is 0.0826. The third kappa shape index (κ3) is 2.39. The molecule has 0 amide bonds. The third-order valence-electron chi connectivity index (χ3n) is 3.46. The summed E-state index contributed by atoms with van der Waals surface area (Å²) in [6.45, 7) is 12.5. The minimum Gasteiger partial charge on any atom is -0.482 e. The highest BCUT2D eigenvalue weighted by molar-refractivity contribution is 5.52. The zero-order chi connectivity index (χ0) is 13.2. The van der Waals surface area contributed by atoms with Crippen molar-refractivity contribution in [2.45, 2.75) is 60.0 Å². The number of hydrogen-bond donors (Lipinski definition) is 0. The highest BCUT2D eigenvalue weighted by Gasteiger charge is 2.41. The molecule has 0 unspecified atom stereocenters. The van der Waals surface area contributed by atoms with Gasteiger partial charge < -0.3 is 4.74 Å². The van der Waals surface area contributed by atoms with E-state index in [1.54, 1.807) is 0 Å². The highest BCUT2D eigenvalue weighted by atomic mass is 16.5. The normalized spacial score (nSPS) is 18.4. The van der Waals surface area contributed by atoms with Crippen LogP contribution >= 0.6 is 0 Å². The first-order valence-electron chi connectivity index (χ1n) is 6.40. The van der Waals surface area contributed by atoms with E-state index in [-0.39, 0.29) is 5.60 Å². The molecule has 94 valence electrons. The fourth-order valence-corrected chi connectivity index (χ4v) is 2.64. The zero-order valence-electron chi connectivity index (χ0n) is 11.8. The molecule has 2 nitrogen and oxygen atoms in total. The van der Waals surface area contributed by atoms with E-state index in [4.69, 9.17) is 4.74 Å². The predicted molar refractivity (Wildman–Crippen MR) is 70.2 cm³/mol. The minimum absolute atomic E-state index is 0.339. The molecule has 1 aliphatic rings. The Morgan fingerprint density at radius 3 is 2.18 bits per heavy atom. The van der Waals surface area contributed by atoms with Crippen molar-refractivity contribution in [1.82, 2.24) is 0 Å². The molecule has 0 fully saturated rings. The van der Waals surface area contributed by atoms with E-state index in [0.29, 0.717) is 5.92 Å². The molecule has 0 saturated heterocycles. The van der Waals surface area contributed by atoms with E-state index >= 15 is 0 Å². The van der Waals surface area contributed by atoms with Crippen LogP contribution in [0.1, 0.15) is 54.4 Å². The number of hydrogen-bond acceptors (Lipinski definition) is 2. The van der Waals surface area contributed by atoms with Gasteiger partial charge in [0.25, 0.3) is 0 Å². The van der Waals surface area contributed by atoms with Gasteiger partial charge >= 0.3 is 0 Å². The maximum absolute atomic E-state index is 9.41. The maximum atomic E-state index is 9.41. The number of ether oxygens (including phenoxy) is 1. The van der Waals surface area contributed by atoms with Gasteiger partial charge in [-0.05, 0) is 57.6 Å². The minimum atomic E-state index is -0.339. The SMILES string of the molecule is CCC(CC)C1=C(C#N)C(=C(C)C)OC1(C)C. The average Bonchev–Trinajstić information content (AvgIpc) is 2.53. The van der Waals surface area contributed by atoms with Gasteiger partial charge in [-0.15, -0.1) is 0 Å². The monoisotopic (exact) mass is 233 g/mol. The molecule has 0 radical (unpaired) electrons. The lowest BCUT2D eigenvalue weighted by Crippen LogP contribution is -2.26. The molecule has 0 bridgehead atoms. The summed E-state index contributed by atoms with van der Waals surface area (Å²) in [6.07, 6.45) is 2.11. The molecule has 0 N–H and O–H groups in total. The molecule has 0 saturated carbocycles. The van der Waals surface area contributed by atoms with Crippen LogP contribution in [0.3, 0.4) is 0 Å². The summed E-state index contributed by atoms with van der Waals surface area (Å²) >= 11 is 0. The molecule has 0 atom stereocenters. The van der Waals surface area contributed by atoms with Crippen molar-refractivity contribution in [3.8, 4) is 6.07 Å². The van der Waals surface area contributed by atoms with Crippen LogP contribution in [0.15, 0.2) is 22.5 Å². The van der Waals surface area contributed by atoms with E-state index in [0.717, 1.165) is 29.7 Å². The van der Waals surface area contributed by atoms with Gasteiger partial charge in [-0.25, -0.2) is 0 Å². The van der Waals surface area contributed by atoms with Crippen molar-refractivity contribution in [3.05, 3.63) is 22.5 Å². The Bertz CT molecular complexity index is 399. The van der Waals surface area contributed by atoms with Gasteiger partial charge in [0.05, 0.1) is 5.57 Å². The van der Waals surface area contributed by atoms with Crippen LogP contribution in [0.25, 0.3) is 0 Å². The molecule has 17 heavy (non-hydrogen) atoms. The molecule has 1 aliphatic heterocycles. The van der Waals surface area contributed by atoms with Crippen molar-refractivity contribution in [3.63, 3.8) is 0 Å².